The van der Waals surface area contributed by atoms with Gasteiger partial charge in [-0.15, -0.1) is 0 Å². The summed E-state index contributed by atoms with van der Waals surface area (Å²) in [5, 5.41) is 3.10. The lowest BCUT2D eigenvalue weighted by Gasteiger charge is -2.17. The van der Waals surface area contributed by atoms with E-state index in [-0.39, 0.29) is 12.5 Å². The van der Waals surface area contributed by atoms with Gasteiger partial charge in [0, 0.05) is 6.07 Å². The Morgan fingerprint density at radius 3 is 3.19 bits per heavy atom. The molecule has 0 aliphatic carbocycles. The monoisotopic (exact) mass is 237 g/mol. The van der Waals surface area contributed by atoms with E-state index in [4.69, 9.17) is 9.29 Å². The highest BCUT2D eigenvalue weighted by atomic mass is 32.2. The van der Waals surface area contributed by atoms with Gasteiger partial charge in [-0.2, -0.15) is 0 Å². The molecule has 1 aliphatic rings. The van der Waals surface area contributed by atoms with Crippen molar-refractivity contribution in [1.29, 1.82) is 0 Å². The Kier molecular flexibility index (Phi) is 2.01. The molecule has 0 unspecified atom stereocenters. The Balaban J connectivity index is 2.17. The van der Waals surface area contributed by atoms with Crippen molar-refractivity contribution in [1.82, 2.24) is 9.97 Å². The van der Waals surface area contributed by atoms with Crippen LogP contribution in [0.3, 0.4) is 0 Å². The van der Waals surface area contributed by atoms with Gasteiger partial charge in [-0.25, -0.2) is 4.98 Å². The Labute approximate surface area is 94.2 Å². The number of fused-ring (bicyclic) bond motifs is 2. The van der Waals surface area contributed by atoms with Gasteiger partial charge in [0.1, 0.15) is 5.75 Å². The summed E-state index contributed by atoms with van der Waals surface area (Å²) in [4.78, 5) is 18.1. The Morgan fingerprint density at radius 2 is 2.38 bits per heavy atom. The molecule has 1 amide bonds. The van der Waals surface area contributed by atoms with Gasteiger partial charge in [0.15, 0.2) is 11.8 Å². The number of amides is 1. The van der Waals surface area contributed by atoms with Crippen molar-refractivity contribution in [3.63, 3.8) is 0 Å². The molecule has 0 radical (unpaired) electrons. The van der Waals surface area contributed by atoms with Crippen molar-refractivity contribution in [3.8, 4) is 5.75 Å². The molecule has 0 saturated carbocycles. The Bertz CT molecular complexity index is 581. The fourth-order valence-corrected chi connectivity index (χ4v) is 1.90. The van der Waals surface area contributed by atoms with Gasteiger partial charge in [0.25, 0.3) is 5.91 Å². The summed E-state index contributed by atoms with van der Waals surface area (Å²) in [7, 11) is 0. The smallest absolute Gasteiger partial charge is 0.262 e. The third-order valence-electron chi connectivity index (χ3n) is 2.28. The number of rotatable bonds is 1. The third kappa shape index (κ3) is 1.41. The highest BCUT2D eigenvalue weighted by Crippen LogP contribution is 2.32. The molecule has 16 heavy (non-hydrogen) atoms. The number of aromatic amines is 1. The lowest BCUT2D eigenvalue weighted by atomic mass is 10.2. The summed E-state index contributed by atoms with van der Waals surface area (Å²) in [6.07, 6.45) is 0. The van der Waals surface area contributed by atoms with E-state index in [9.17, 15) is 4.79 Å². The van der Waals surface area contributed by atoms with E-state index in [0.717, 1.165) is 5.52 Å². The zero-order valence-corrected chi connectivity index (χ0v) is 8.80. The number of benzene rings is 1. The number of carbonyl (C=O) groups is 1. The quantitative estimate of drug-likeness (QED) is 0.653. The van der Waals surface area contributed by atoms with Gasteiger partial charge in [-0.1, -0.05) is 0 Å². The van der Waals surface area contributed by atoms with Crippen molar-refractivity contribution >= 4 is 34.7 Å². The van der Waals surface area contributed by atoms with Crippen molar-refractivity contribution in [2.75, 3.05) is 11.9 Å². The number of anilines is 1. The normalized spacial score (nSPS) is 14.4. The summed E-state index contributed by atoms with van der Waals surface area (Å²) in [5.74, 6) is 0.413. The van der Waals surface area contributed by atoms with Crippen LogP contribution in [0.5, 0.6) is 5.75 Å². The molecule has 6 nitrogen and oxygen atoms in total. The van der Waals surface area contributed by atoms with Crippen LogP contribution in [0.2, 0.25) is 0 Å². The van der Waals surface area contributed by atoms with Crippen LogP contribution in [0, 0.1) is 0 Å². The van der Waals surface area contributed by atoms with Gasteiger partial charge in [0.05, 0.1) is 28.8 Å². The summed E-state index contributed by atoms with van der Waals surface area (Å²) in [5.41, 5.74) is 2.04. The second kappa shape index (κ2) is 3.39. The molecule has 0 fully saturated rings. The van der Waals surface area contributed by atoms with Crippen LogP contribution in [0.4, 0.5) is 5.69 Å². The molecule has 1 aliphatic heterocycles. The fraction of sp³-hybridized carbons (Fsp3) is 0.111. The summed E-state index contributed by atoms with van der Waals surface area (Å²) < 4.78 is 14.1. The van der Waals surface area contributed by atoms with E-state index < -0.39 is 0 Å². The Hall–Kier alpha value is -1.73. The van der Waals surface area contributed by atoms with Gasteiger partial charge >= 0.3 is 0 Å². The van der Waals surface area contributed by atoms with Crippen LogP contribution in [0.15, 0.2) is 17.3 Å². The molecule has 0 spiro atoms. The van der Waals surface area contributed by atoms with Crippen molar-refractivity contribution < 1.29 is 14.1 Å². The zero-order chi connectivity index (χ0) is 11.1. The molecule has 1 aromatic carbocycles. The fourth-order valence-electron chi connectivity index (χ4n) is 1.60. The first kappa shape index (κ1) is 9.49. The SMILES string of the molecule is O=C1COc2cc3nc(SO)[nH]c3cc2N1. The first-order chi connectivity index (χ1) is 7.76. The van der Waals surface area contributed by atoms with Gasteiger partial charge in [-0.3, -0.25) is 4.79 Å². The molecule has 0 atom stereocenters. The number of hydrogen-bond acceptors (Lipinski definition) is 5. The van der Waals surface area contributed by atoms with Crippen LogP contribution in [-0.4, -0.2) is 27.0 Å². The van der Waals surface area contributed by atoms with Gasteiger partial charge < -0.3 is 19.6 Å². The van der Waals surface area contributed by atoms with Gasteiger partial charge in [0.2, 0.25) is 0 Å². The summed E-state index contributed by atoms with van der Waals surface area (Å²) in [6, 6.07) is 3.45. The standard InChI is InChI=1S/C9H7N3O3S/c13-8-3-15-7-2-5-4(1-6(7)10-8)11-9(12-5)16-14/h1-2,14H,3H2,(H,10,13)(H,11,12). The third-order valence-corrected chi connectivity index (χ3v) is 2.65. The number of aromatic nitrogens is 2. The molecule has 1 aromatic heterocycles. The molecule has 0 saturated heterocycles. The van der Waals surface area contributed by atoms with Crippen LogP contribution in [-0.2, 0) is 4.79 Å². The maximum absolute atomic E-state index is 11.1. The molecule has 0 bridgehead atoms. The van der Waals surface area contributed by atoms with Gasteiger partial charge in [-0.05, 0) is 6.07 Å². The van der Waals surface area contributed by atoms with E-state index in [1.54, 1.807) is 12.1 Å². The van der Waals surface area contributed by atoms with Crippen molar-refractivity contribution in [2.45, 2.75) is 5.16 Å². The summed E-state index contributed by atoms with van der Waals surface area (Å²) >= 11 is 0.543. The molecule has 3 N–H and O–H groups in total. The van der Waals surface area contributed by atoms with Crippen LogP contribution >= 0.6 is 12.0 Å². The number of imidazole rings is 1. The minimum atomic E-state index is -0.178. The molecular weight excluding hydrogens is 230 g/mol. The topological polar surface area (TPSA) is 87.2 Å². The molecule has 2 aromatic rings. The van der Waals surface area contributed by atoms with Crippen molar-refractivity contribution in [3.05, 3.63) is 12.1 Å². The van der Waals surface area contributed by atoms with Crippen LogP contribution in [0.1, 0.15) is 0 Å². The first-order valence-electron chi connectivity index (χ1n) is 4.54. The Morgan fingerprint density at radius 1 is 1.50 bits per heavy atom. The van der Waals surface area contributed by atoms with Crippen LogP contribution < -0.4 is 10.1 Å². The minimum absolute atomic E-state index is 0.0184. The van der Waals surface area contributed by atoms with Crippen LogP contribution in [0.25, 0.3) is 11.0 Å². The number of H-pyrrole nitrogens is 1. The highest BCUT2D eigenvalue weighted by molar-refractivity contribution is 7.93. The number of carbonyl (C=O) groups excluding carboxylic acids is 1. The van der Waals surface area contributed by atoms with E-state index >= 15 is 0 Å². The maximum atomic E-state index is 11.1. The molecule has 2 heterocycles. The predicted octanol–water partition coefficient (Wildman–Crippen LogP) is 1.46. The molecule has 82 valence electrons. The number of hydrogen-bond donors (Lipinski definition) is 3. The van der Waals surface area contributed by atoms with E-state index in [1.807, 2.05) is 0 Å². The lowest BCUT2D eigenvalue weighted by molar-refractivity contribution is -0.118. The molecule has 3 rings (SSSR count). The average molecular weight is 237 g/mol. The van der Waals surface area contributed by atoms with E-state index in [2.05, 4.69) is 15.3 Å². The highest BCUT2D eigenvalue weighted by Gasteiger charge is 2.17. The van der Waals surface area contributed by atoms with E-state index in [1.165, 1.54) is 0 Å². The number of nitrogens with zero attached hydrogens (tertiary/aromatic N) is 1. The average Bonchev–Trinajstić information content (AvgIpc) is 2.67. The lowest BCUT2D eigenvalue weighted by Crippen LogP contribution is -2.25. The van der Waals surface area contributed by atoms with E-state index in [0.29, 0.717) is 34.2 Å². The molecular formula is C9H7N3O3S. The molecule has 7 heteroatoms. The number of nitrogens with one attached hydrogen (secondary N) is 2. The first-order valence-corrected chi connectivity index (χ1v) is 5.31. The second-order valence-corrected chi connectivity index (χ2v) is 3.90. The number of ether oxygens (including phenoxy) is 1. The maximum Gasteiger partial charge on any atom is 0.262 e. The minimum Gasteiger partial charge on any atom is -0.481 e. The largest absolute Gasteiger partial charge is 0.481 e. The predicted molar refractivity (Wildman–Crippen MR) is 58.7 cm³/mol. The van der Waals surface area contributed by atoms with Crippen molar-refractivity contribution in [2.24, 2.45) is 0 Å². The second-order valence-electron chi connectivity index (χ2n) is 3.34. The summed E-state index contributed by atoms with van der Waals surface area (Å²) in [6.45, 7) is 0.0184. The zero-order valence-electron chi connectivity index (χ0n) is 7.98.